The van der Waals surface area contributed by atoms with Crippen LogP contribution in [-0.2, 0) is 9.53 Å². The summed E-state index contributed by atoms with van der Waals surface area (Å²) in [5.41, 5.74) is 0.311. The maximum atomic E-state index is 11.7. The van der Waals surface area contributed by atoms with E-state index < -0.39 is 5.97 Å². The molecule has 0 saturated carbocycles. The van der Waals surface area contributed by atoms with Crippen molar-refractivity contribution in [2.24, 2.45) is 0 Å². The normalized spacial score (nSPS) is 11.4. The Morgan fingerprint density at radius 2 is 1.57 bits per heavy atom. The Labute approximate surface area is 162 Å². The SMILES string of the molecule is COC(C)=C(C(=O)O)c1cccnc1Oc1cccc(Oc2ccccc2)c1. The van der Waals surface area contributed by atoms with Crippen molar-refractivity contribution in [2.45, 2.75) is 6.92 Å². The third-order valence-electron chi connectivity index (χ3n) is 3.91. The number of rotatable bonds is 7. The second kappa shape index (κ2) is 8.73. The minimum absolute atomic E-state index is 0.0118. The maximum Gasteiger partial charge on any atom is 0.339 e. The molecule has 0 fully saturated rings. The minimum Gasteiger partial charge on any atom is -0.500 e. The molecule has 0 atom stereocenters. The van der Waals surface area contributed by atoms with Gasteiger partial charge in [-0.3, -0.25) is 0 Å². The van der Waals surface area contributed by atoms with Gasteiger partial charge in [0.25, 0.3) is 0 Å². The molecule has 28 heavy (non-hydrogen) atoms. The average molecular weight is 377 g/mol. The third kappa shape index (κ3) is 4.48. The first kappa shape index (κ1) is 19.0. The van der Waals surface area contributed by atoms with Crippen LogP contribution >= 0.6 is 0 Å². The summed E-state index contributed by atoms with van der Waals surface area (Å²) in [6.07, 6.45) is 1.53. The van der Waals surface area contributed by atoms with E-state index in [4.69, 9.17) is 14.2 Å². The number of hydrogen-bond acceptors (Lipinski definition) is 5. The number of pyridine rings is 1. The zero-order chi connectivity index (χ0) is 19.9. The quantitative estimate of drug-likeness (QED) is 0.454. The molecule has 0 aliphatic carbocycles. The molecular weight excluding hydrogens is 358 g/mol. The summed E-state index contributed by atoms with van der Waals surface area (Å²) in [4.78, 5) is 15.9. The molecule has 0 bridgehead atoms. The molecular formula is C22H19NO5. The Bertz CT molecular complexity index is 999. The molecule has 0 unspecified atom stereocenters. The molecule has 6 nitrogen and oxygen atoms in total. The van der Waals surface area contributed by atoms with Gasteiger partial charge >= 0.3 is 5.97 Å². The van der Waals surface area contributed by atoms with Gasteiger partial charge in [0.05, 0.1) is 12.7 Å². The Hall–Kier alpha value is -3.80. The van der Waals surface area contributed by atoms with Crippen LogP contribution in [0.2, 0.25) is 0 Å². The molecule has 0 amide bonds. The van der Waals surface area contributed by atoms with E-state index in [-0.39, 0.29) is 17.2 Å². The fraction of sp³-hybridized carbons (Fsp3) is 0.0909. The number of para-hydroxylation sites is 1. The van der Waals surface area contributed by atoms with Gasteiger partial charge < -0.3 is 19.3 Å². The van der Waals surface area contributed by atoms with E-state index in [2.05, 4.69) is 4.98 Å². The number of carboxylic acid groups (broad SMARTS) is 1. The van der Waals surface area contributed by atoms with Crippen molar-refractivity contribution in [1.82, 2.24) is 4.98 Å². The maximum absolute atomic E-state index is 11.7. The summed E-state index contributed by atoms with van der Waals surface area (Å²) in [5.74, 6) is 1.04. The second-order valence-electron chi connectivity index (χ2n) is 5.79. The van der Waals surface area contributed by atoms with Crippen molar-refractivity contribution in [1.29, 1.82) is 0 Å². The van der Waals surface area contributed by atoms with Gasteiger partial charge in [0.2, 0.25) is 5.88 Å². The Kier molecular flexibility index (Phi) is 5.91. The number of hydrogen-bond donors (Lipinski definition) is 1. The van der Waals surface area contributed by atoms with Gasteiger partial charge in [-0.1, -0.05) is 24.3 Å². The van der Waals surface area contributed by atoms with Crippen molar-refractivity contribution in [2.75, 3.05) is 7.11 Å². The average Bonchev–Trinajstić information content (AvgIpc) is 2.70. The first-order valence-electron chi connectivity index (χ1n) is 8.53. The lowest BCUT2D eigenvalue weighted by Gasteiger charge is -2.13. The largest absolute Gasteiger partial charge is 0.500 e. The molecule has 2 aromatic carbocycles. The fourth-order valence-electron chi connectivity index (χ4n) is 2.56. The topological polar surface area (TPSA) is 77.9 Å². The number of carbonyl (C=O) groups is 1. The van der Waals surface area contributed by atoms with E-state index in [9.17, 15) is 9.90 Å². The number of allylic oxidation sites excluding steroid dienone is 1. The monoisotopic (exact) mass is 377 g/mol. The third-order valence-corrected chi connectivity index (χ3v) is 3.91. The number of ether oxygens (including phenoxy) is 3. The van der Waals surface area contributed by atoms with Crippen LogP contribution in [0, 0.1) is 0 Å². The number of aliphatic carboxylic acids is 1. The molecule has 0 spiro atoms. The van der Waals surface area contributed by atoms with Gasteiger partial charge in [0.15, 0.2) is 0 Å². The predicted molar refractivity (Wildman–Crippen MR) is 105 cm³/mol. The lowest BCUT2D eigenvalue weighted by molar-refractivity contribution is -0.130. The molecule has 1 aromatic heterocycles. The number of nitrogens with zero attached hydrogens (tertiary/aromatic N) is 1. The highest BCUT2D eigenvalue weighted by Gasteiger charge is 2.20. The van der Waals surface area contributed by atoms with Crippen molar-refractivity contribution in [3.8, 4) is 23.1 Å². The summed E-state index contributed by atoms with van der Waals surface area (Å²) >= 11 is 0. The van der Waals surface area contributed by atoms with Gasteiger partial charge in [-0.25, -0.2) is 9.78 Å². The summed E-state index contributed by atoms with van der Waals surface area (Å²) < 4.78 is 16.8. The van der Waals surface area contributed by atoms with Gasteiger partial charge in [-0.05, 0) is 43.3 Å². The van der Waals surface area contributed by atoms with Crippen LogP contribution in [-0.4, -0.2) is 23.2 Å². The van der Waals surface area contributed by atoms with E-state index >= 15 is 0 Å². The summed E-state index contributed by atoms with van der Waals surface area (Å²) in [5, 5.41) is 9.59. The van der Waals surface area contributed by atoms with Crippen molar-refractivity contribution in [3.05, 3.63) is 84.2 Å². The van der Waals surface area contributed by atoms with Crippen molar-refractivity contribution < 1.29 is 24.1 Å². The van der Waals surface area contributed by atoms with Crippen molar-refractivity contribution >= 4 is 11.5 Å². The molecule has 3 aromatic rings. The summed E-state index contributed by atoms with van der Waals surface area (Å²) in [7, 11) is 1.42. The fourth-order valence-corrected chi connectivity index (χ4v) is 2.56. The van der Waals surface area contributed by atoms with Crippen molar-refractivity contribution in [3.63, 3.8) is 0 Å². The van der Waals surface area contributed by atoms with E-state index in [1.165, 1.54) is 13.3 Å². The summed E-state index contributed by atoms with van der Waals surface area (Å²) in [6, 6.07) is 19.7. The van der Waals surface area contributed by atoms with Crippen LogP contribution < -0.4 is 9.47 Å². The highest BCUT2D eigenvalue weighted by Crippen LogP contribution is 2.32. The smallest absolute Gasteiger partial charge is 0.339 e. The molecule has 1 N–H and O–H groups in total. The van der Waals surface area contributed by atoms with Crippen LogP contribution in [0.4, 0.5) is 0 Å². The summed E-state index contributed by atoms with van der Waals surface area (Å²) in [6.45, 7) is 1.58. The first-order chi connectivity index (χ1) is 13.6. The highest BCUT2D eigenvalue weighted by atomic mass is 16.5. The van der Waals surface area contributed by atoms with Gasteiger partial charge in [-0.2, -0.15) is 0 Å². The van der Waals surface area contributed by atoms with E-state index in [1.807, 2.05) is 30.3 Å². The zero-order valence-electron chi connectivity index (χ0n) is 15.5. The Balaban J connectivity index is 1.91. The standard InChI is InChI=1S/C22H19NO5/c1-15(26-2)20(22(24)25)19-12-7-13-23-21(19)28-18-11-6-10-17(14-18)27-16-8-4-3-5-9-16/h3-14H,1-2H3,(H,24,25). The molecule has 142 valence electrons. The molecule has 1 heterocycles. The number of aromatic nitrogens is 1. The van der Waals surface area contributed by atoms with Crippen LogP contribution in [0.1, 0.15) is 12.5 Å². The van der Waals surface area contributed by atoms with E-state index in [0.29, 0.717) is 22.8 Å². The molecule has 0 aliphatic heterocycles. The minimum atomic E-state index is -1.13. The number of methoxy groups -OCH3 is 1. The van der Waals surface area contributed by atoms with Crippen LogP contribution in [0.3, 0.4) is 0 Å². The highest BCUT2D eigenvalue weighted by molar-refractivity contribution is 6.16. The molecule has 6 heteroatoms. The second-order valence-corrected chi connectivity index (χ2v) is 5.79. The lowest BCUT2D eigenvalue weighted by atomic mass is 10.1. The van der Waals surface area contributed by atoms with Crippen LogP contribution in [0.15, 0.2) is 78.7 Å². The Morgan fingerprint density at radius 1 is 0.893 bits per heavy atom. The van der Waals surface area contributed by atoms with Crippen LogP contribution in [0.25, 0.3) is 5.57 Å². The first-order valence-corrected chi connectivity index (χ1v) is 8.53. The molecule has 0 saturated heterocycles. The zero-order valence-corrected chi connectivity index (χ0v) is 15.5. The molecule has 0 aliphatic rings. The number of carboxylic acids is 1. The van der Waals surface area contributed by atoms with Gasteiger partial charge in [0, 0.05) is 12.3 Å². The number of benzene rings is 2. The predicted octanol–water partition coefficient (Wildman–Crippen LogP) is 5.13. The Morgan fingerprint density at radius 3 is 2.25 bits per heavy atom. The van der Waals surface area contributed by atoms with Gasteiger partial charge in [0.1, 0.15) is 28.6 Å². The van der Waals surface area contributed by atoms with E-state index in [1.54, 1.807) is 43.3 Å². The lowest BCUT2D eigenvalue weighted by Crippen LogP contribution is -2.06. The van der Waals surface area contributed by atoms with Gasteiger partial charge in [-0.15, -0.1) is 0 Å². The molecule has 0 radical (unpaired) electrons. The van der Waals surface area contributed by atoms with E-state index in [0.717, 1.165) is 0 Å². The molecule has 3 rings (SSSR count). The van der Waals surface area contributed by atoms with Crippen LogP contribution in [0.5, 0.6) is 23.1 Å².